The molecule has 0 aliphatic heterocycles. The first-order chi connectivity index (χ1) is 20.9. The zero-order valence-corrected chi connectivity index (χ0v) is 42.4. The second-order valence-electron chi connectivity index (χ2n) is 17.9. The molecule has 0 fully saturated rings. The molecule has 4 aromatic rings. The number of hydrogen-bond donors (Lipinski definition) is 0. The van der Waals surface area contributed by atoms with Crippen LogP contribution in [0.15, 0.2) is 36.4 Å². The molecule has 0 radical (unpaired) electrons. The van der Waals surface area contributed by atoms with Gasteiger partial charge in [0, 0.05) is 0 Å². The molecule has 0 bridgehead atoms. The molecule has 0 aromatic heterocycles. The zero-order chi connectivity index (χ0) is 35.1. The summed E-state index contributed by atoms with van der Waals surface area (Å²) < 4.78 is 0. The van der Waals surface area contributed by atoms with Gasteiger partial charge >= 0.3 is 21.7 Å². The number of halogens is 3. The monoisotopic (exact) mass is 832 g/mol. The molecule has 50 heavy (non-hydrogen) atoms. The van der Waals surface area contributed by atoms with Crippen molar-refractivity contribution in [3.8, 4) is 0 Å². The standard InChI is InChI=1S/C42H63Si4.3ClH.Ti/c1-26-20-29(4)39(43(11,12)13)36(23-26)46(42-34(9)32(7)33(8)35(42)10,37-24-27(2)21-30(5)40(37)44(14,15)16)38-25-28(3)22-31(6)41(38)45(17,18)19;;;;/h20-25H,1-19H3;3*1H;/q-1;;;;+4/p-3. The van der Waals surface area contributed by atoms with Crippen LogP contribution in [0.25, 0.3) is 0 Å². The molecule has 4 rings (SSSR count). The van der Waals surface area contributed by atoms with E-state index in [0.717, 1.165) is 0 Å². The van der Waals surface area contributed by atoms with Gasteiger partial charge in [-0.25, -0.2) is 0 Å². The first kappa shape index (κ1) is 49.5. The predicted molar refractivity (Wildman–Crippen MR) is 222 cm³/mol. The average molecular weight is 835 g/mol. The van der Waals surface area contributed by atoms with Gasteiger partial charge in [-0.2, -0.15) is 22.3 Å². The Balaban J connectivity index is 0.00000600. The largest absolute Gasteiger partial charge is 4.00 e. The van der Waals surface area contributed by atoms with Crippen LogP contribution in [0.3, 0.4) is 0 Å². The third-order valence-corrected chi connectivity index (χ3v) is 23.1. The van der Waals surface area contributed by atoms with Gasteiger partial charge in [0.05, 0.1) is 24.2 Å². The van der Waals surface area contributed by atoms with Crippen molar-refractivity contribution in [3.63, 3.8) is 0 Å². The van der Waals surface area contributed by atoms with Crippen molar-refractivity contribution in [1.82, 2.24) is 0 Å². The third kappa shape index (κ3) is 8.55. The molecule has 0 aliphatic rings. The normalized spacial score (nSPS) is 12.1. The van der Waals surface area contributed by atoms with Crippen molar-refractivity contribution in [2.45, 2.75) is 128 Å². The van der Waals surface area contributed by atoms with Gasteiger partial charge < -0.3 is 37.2 Å². The second-order valence-corrected chi connectivity index (χ2v) is 36.5. The molecule has 4 aromatic carbocycles. The van der Waals surface area contributed by atoms with Crippen LogP contribution < -0.4 is 73.5 Å². The van der Waals surface area contributed by atoms with E-state index in [1.807, 2.05) is 0 Å². The maximum atomic E-state index is 2.70. The van der Waals surface area contributed by atoms with E-state index in [9.17, 15) is 0 Å². The summed E-state index contributed by atoms with van der Waals surface area (Å²) in [6.45, 7) is 47.4. The fourth-order valence-corrected chi connectivity index (χ4v) is 27.1. The summed E-state index contributed by atoms with van der Waals surface area (Å²) in [6, 6.07) is 15.5. The van der Waals surface area contributed by atoms with Crippen molar-refractivity contribution >= 4 is 68.6 Å². The van der Waals surface area contributed by atoms with Gasteiger partial charge in [-0.15, -0.1) is 5.19 Å². The molecule has 0 saturated carbocycles. The van der Waals surface area contributed by atoms with Crippen molar-refractivity contribution in [2.24, 2.45) is 0 Å². The summed E-state index contributed by atoms with van der Waals surface area (Å²) in [6.07, 6.45) is 0. The van der Waals surface area contributed by atoms with Crippen molar-refractivity contribution in [1.29, 1.82) is 0 Å². The minimum absolute atomic E-state index is 0. The van der Waals surface area contributed by atoms with Crippen LogP contribution in [0, 0.1) is 69.2 Å². The van der Waals surface area contributed by atoms with Gasteiger partial charge in [0.15, 0.2) is 0 Å². The maximum absolute atomic E-state index is 2.95. The Morgan fingerprint density at radius 1 is 0.380 bits per heavy atom. The van der Waals surface area contributed by atoms with Crippen LogP contribution >= 0.6 is 0 Å². The fraction of sp³-hybridized carbons (Fsp3) is 0.452. The van der Waals surface area contributed by atoms with Gasteiger partial charge in [-0.05, 0) is 41.5 Å². The van der Waals surface area contributed by atoms with E-state index in [2.05, 4.69) is 165 Å². The molecule has 0 spiro atoms. The zero-order valence-electron chi connectivity index (χ0n) is 34.6. The molecule has 0 unspecified atom stereocenters. The topological polar surface area (TPSA) is 0 Å². The number of hydrogen-bond acceptors (Lipinski definition) is 0. The molecular weight excluding hydrogens is 771 g/mol. The first-order valence-corrected chi connectivity index (χ1v) is 30.0. The molecule has 8 heteroatoms. The molecular formula is C42H63Cl3Si4Ti. The third-order valence-electron chi connectivity index (χ3n) is 10.7. The maximum Gasteiger partial charge on any atom is 4.00 e. The summed E-state index contributed by atoms with van der Waals surface area (Å²) >= 11 is 0. The van der Waals surface area contributed by atoms with Crippen molar-refractivity contribution < 1.29 is 58.9 Å². The quantitative estimate of drug-likeness (QED) is 0.121. The molecule has 0 heterocycles. The molecule has 0 aliphatic carbocycles. The Kier molecular flexibility index (Phi) is 16.7. The minimum atomic E-state index is -2.95. The summed E-state index contributed by atoms with van der Waals surface area (Å²) in [5.74, 6) is 0. The Bertz CT molecular complexity index is 1660. The number of benzene rings is 3. The van der Waals surface area contributed by atoms with Crippen LogP contribution in [0.1, 0.15) is 55.6 Å². The Morgan fingerprint density at radius 3 is 0.800 bits per heavy atom. The van der Waals surface area contributed by atoms with Gasteiger partial charge in [-0.1, -0.05) is 188 Å². The smallest absolute Gasteiger partial charge is 1.00 e. The molecule has 0 N–H and O–H groups in total. The van der Waals surface area contributed by atoms with Crippen molar-refractivity contribution in [2.75, 3.05) is 0 Å². The molecule has 0 saturated heterocycles. The van der Waals surface area contributed by atoms with Gasteiger partial charge in [0.1, 0.15) is 8.07 Å². The summed E-state index contributed by atoms with van der Waals surface area (Å²) in [4.78, 5) is 0. The Labute approximate surface area is 345 Å². The van der Waals surface area contributed by atoms with E-state index in [-0.39, 0.29) is 58.9 Å². The molecule has 0 amide bonds. The van der Waals surface area contributed by atoms with Crippen LogP contribution in [0.4, 0.5) is 0 Å². The number of aryl methyl sites for hydroxylation is 6. The van der Waals surface area contributed by atoms with Gasteiger partial charge in [-0.3, -0.25) is 0 Å². The predicted octanol–water partition coefficient (Wildman–Crippen LogP) is -1.49. The molecule has 0 nitrogen and oxygen atoms in total. The van der Waals surface area contributed by atoms with E-state index >= 15 is 0 Å². The van der Waals surface area contributed by atoms with Gasteiger partial charge in [0.2, 0.25) is 0 Å². The van der Waals surface area contributed by atoms with Gasteiger partial charge in [0.25, 0.3) is 0 Å². The van der Waals surface area contributed by atoms with E-state index in [4.69, 9.17) is 0 Å². The van der Waals surface area contributed by atoms with E-state index in [1.165, 1.54) is 55.6 Å². The number of rotatable bonds is 7. The first-order valence-electron chi connectivity index (χ1n) is 17.5. The van der Waals surface area contributed by atoms with Crippen molar-refractivity contribution in [3.05, 3.63) is 92.0 Å². The van der Waals surface area contributed by atoms with Crippen LogP contribution in [-0.2, 0) is 21.7 Å². The SMILES string of the molecule is Cc1cc(C)c([Si](C)(C)C)c([Si](c2cc(C)cc(C)c2[Si](C)(C)C)(c2cc(C)cc(C)c2[Si](C)(C)C)[c-]2c(C)c(C)c(C)c2C)c1.[Cl-].[Cl-].[Cl-].[Ti+4]. The van der Waals surface area contributed by atoms with E-state index in [1.54, 1.807) is 36.3 Å². The Hall–Kier alpha value is -0.538. The summed E-state index contributed by atoms with van der Waals surface area (Å²) in [5.41, 5.74) is 14.7. The summed E-state index contributed by atoms with van der Waals surface area (Å²) in [5, 5.41) is 11.8. The summed E-state index contributed by atoms with van der Waals surface area (Å²) in [7, 11) is -8.40. The van der Waals surface area contributed by atoms with Crippen LogP contribution in [0.2, 0.25) is 58.9 Å². The Morgan fingerprint density at radius 2 is 0.600 bits per heavy atom. The fourth-order valence-electron chi connectivity index (χ4n) is 9.40. The van der Waals surface area contributed by atoms with E-state index in [0.29, 0.717) is 0 Å². The molecule has 272 valence electrons. The molecule has 0 atom stereocenters. The second kappa shape index (κ2) is 16.9. The minimum Gasteiger partial charge on any atom is -1.00 e. The van der Waals surface area contributed by atoms with Crippen LogP contribution in [0.5, 0.6) is 0 Å². The van der Waals surface area contributed by atoms with Crippen LogP contribution in [-0.4, -0.2) is 32.3 Å². The van der Waals surface area contributed by atoms with E-state index < -0.39 is 32.3 Å². The average Bonchev–Trinajstić information content (AvgIpc) is 3.04.